The summed E-state index contributed by atoms with van der Waals surface area (Å²) in [7, 11) is 1.32. The SMILES string of the molecule is COC(=O)c1cn([C@@H]2CCCN(c3ccc(C#N)c(Cl)c3)C2)nn1. The summed E-state index contributed by atoms with van der Waals surface area (Å²) >= 11 is 6.13. The monoisotopic (exact) mass is 345 g/mol. The maximum atomic E-state index is 11.5. The van der Waals surface area contributed by atoms with Gasteiger partial charge in [0.15, 0.2) is 5.69 Å². The molecule has 3 rings (SSSR count). The smallest absolute Gasteiger partial charge is 0.360 e. The van der Waals surface area contributed by atoms with Gasteiger partial charge in [0.05, 0.1) is 29.9 Å². The minimum atomic E-state index is -0.493. The molecule has 0 amide bonds. The average Bonchev–Trinajstić information content (AvgIpc) is 3.11. The molecule has 1 saturated heterocycles. The Morgan fingerprint density at radius 3 is 3.04 bits per heavy atom. The normalized spacial score (nSPS) is 17.4. The number of esters is 1. The zero-order valence-corrected chi connectivity index (χ0v) is 13.9. The lowest BCUT2D eigenvalue weighted by atomic mass is 10.0. The zero-order chi connectivity index (χ0) is 17.1. The van der Waals surface area contributed by atoms with Gasteiger partial charge in [-0.15, -0.1) is 5.10 Å². The van der Waals surface area contributed by atoms with Crippen molar-refractivity contribution in [3.05, 3.63) is 40.7 Å². The Labute approximate surface area is 144 Å². The molecule has 0 radical (unpaired) electrons. The van der Waals surface area contributed by atoms with Crippen molar-refractivity contribution in [2.75, 3.05) is 25.1 Å². The molecule has 0 spiro atoms. The summed E-state index contributed by atoms with van der Waals surface area (Å²) in [5.41, 5.74) is 1.64. The highest BCUT2D eigenvalue weighted by Crippen LogP contribution is 2.29. The number of carbonyl (C=O) groups excluding carboxylic acids is 1. The zero-order valence-electron chi connectivity index (χ0n) is 13.1. The summed E-state index contributed by atoms with van der Waals surface area (Å²) in [6, 6.07) is 7.61. The molecule has 0 aliphatic carbocycles. The molecular weight excluding hydrogens is 330 g/mol. The van der Waals surface area contributed by atoms with Gasteiger partial charge in [-0.1, -0.05) is 16.8 Å². The first-order valence-corrected chi connectivity index (χ1v) is 7.95. The molecule has 1 aliphatic heterocycles. The number of nitriles is 1. The number of aromatic nitrogens is 3. The molecule has 1 aromatic carbocycles. The van der Waals surface area contributed by atoms with E-state index >= 15 is 0 Å². The van der Waals surface area contributed by atoms with E-state index in [1.807, 2.05) is 12.1 Å². The van der Waals surface area contributed by atoms with Crippen LogP contribution >= 0.6 is 11.6 Å². The van der Waals surface area contributed by atoms with Crippen LogP contribution in [-0.4, -0.2) is 41.2 Å². The van der Waals surface area contributed by atoms with Gasteiger partial charge >= 0.3 is 5.97 Å². The van der Waals surface area contributed by atoms with Gasteiger partial charge in [0.25, 0.3) is 0 Å². The van der Waals surface area contributed by atoms with Crippen LogP contribution in [0.2, 0.25) is 5.02 Å². The van der Waals surface area contributed by atoms with Crippen LogP contribution < -0.4 is 4.90 Å². The first-order chi connectivity index (χ1) is 11.6. The molecule has 2 heterocycles. The van der Waals surface area contributed by atoms with E-state index in [-0.39, 0.29) is 11.7 Å². The number of anilines is 1. The fraction of sp³-hybridized carbons (Fsp3) is 0.375. The van der Waals surface area contributed by atoms with E-state index in [2.05, 4.69) is 26.0 Å². The molecule has 24 heavy (non-hydrogen) atoms. The van der Waals surface area contributed by atoms with Crippen molar-refractivity contribution >= 4 is 23.3 Å². The number of benzene rings is 1. The molecule has 1 aromatic heterocycles. The largest absolute Gasteiger partial charge is 0.464 e. The second-order valence-corrected chi connectivity index (χ2v) is 6.00. The highest BCUT2D eigenvalue weighted by Gasteiger charge is 2.24. The second kappa shape index (κ2) is 6.89. The van der Waals surface area contributed by atoms with Gasteiger partial charge in [0.2, 0.25) is 0 Å². The number of nitrogens with zero attached hydrogens (tertiary/aromatic N) is 5. The van der Waals surface area contributed by atoms with Crippen LogP contribution in [0, 0.1) is 11.3 Å². The van der Waals surface area contributed by atoms with Crippen molar-refractivity contribution in [1.82, 2.24) is 15.0 Å². The van der Waals surface area contributed by atoms with Crippen molar-refractivity contribution in [3.63, 3.8) is 0 Å². The molecule has 1 atom stereocenters. The fourth-order valence-corrected chi connectivity index (χ4v) is 3.07. The Bertz CT molecular complexity index is 798. The van der Waals surface area contributed by atoms with Crippen molar-refractivity contribution in [2.24, 2.45) is 0 Å². The number of rotatable bonds is 3. The molecule has 2 aromatic rings. The predicted molar refractivity (Wildman–Crippen MR) is 88.0 cm³/mol. The summed E-state index contributed by atoms with van der Waals surface area (Å²) < 4.78 is 6.37. The third-order valence-electron chi connectivity index (χ3n) is 4.11. The van der Waals surface area contributed by atoms with Crippen LogP contribution in [0.4, 0.5) is 5.69 Å². The number of hydrogen-bond acceptors (Lipinski definition) is 6. The van der Waals surface area contributed by atoms with Gasteiger partial charge in [-0.25, -0.2) is 9.48 Å². The summed E-state index contributed by atoms with van der Waals surface area (Å²) in [5, 5.41) is 17.3. The van der Waals surface area contributed by atoms with E-state index in [4.69, 9.17) is 16.9 Å². The number of hydrogen-bond donors (Lipinski definition) is 0. The van der Waals surface area contributed by atoms with E-state index in [1.54, 1.807) is 16.9 Å². The summed E-state index contributed by atoms with van der Waals surface area (Å²) in [6.45, 7) is 1.63. The van der Waals surface area contributed by atoms with Gasteiger partial charge in [-0.2, -0.15) is 5.26 Å². The highest BCUT2D eigenvalue weighted by atomic mass is 35.5. The van der Waals surface area contributed by atoms with Crippen LogP contribution in [0.1, 0.15) is 34.9 Å². The maximum Gasteiger partial charge on any atom is 0.360 e. The molecule has 8 heteroatoms. The molecular formula is C16H16ClN5O2. The number of halogens is 1. The molecule has 0 N–H and O–H groups in total. The maximum absolute atomic E-state index is 11.5. The summed E-state index contributed by atoms with van der Waals surface area (Å²) in [6.07, 6.45) is 3.55. The predicted octanol–water partition coefficient (Wildman–Crippen LogP) is 2.43. The number of methoxy groups -OCH3 is 1. The van der Waals surface area contributed by atoms with Gasteiger partial charge in [0.1, 0.15) is 6.07 Å². The van der Waals surface area contributed by atoms with Crippen LogP contribution in [0.25, 0.3) is 0 Å². The molecule has 0 unspecified atom stereocenters. The van der Waals surface area contributed by atoms with Crippen LogP contribution in [0.5, 0.6) is 0 Å². The third-order valence-corrected chi connectivity index (χ3v) is 4.43. The number of piperidine rings is 1. The lowest BCUT2D eigenvalue weighted by Gasteiger charge is -2.34. The van der Waals surface area contributed by atoms with Crippen LogP contribution in [-0.2, 0) is 4.74 Å². The third kappa shape index (κ3) is 3.19. The van der Waals surface area contributed by atoms with Crippen molar-refractivity contribution in [3.8, 4) is 6.07 Å². The molecule has 0 saturated carbocycles. The first kappa shape index (κ1) is 16.3. The molecule has 1 fully saturated rings. The molecule has 7 nitrogen and oxygen atoms in total. The topological polar surface area (TPSA) is 84.0 Å². The second-order valence-electron chi connectivity index (χ2n) is 5.59. The number of carbonyl (C=O) groups is 1. The number of ether oxygens (including phenoxy) is 1. The van der Waals surface area contributed by atoms with Gasteiger partial charge in [0, 0.05) is 18.8 Å². The Morgan fingerprint density at radius 2 is 2.33 bits per heavy atom. The summed E-state index contributed by atoms with van der Waals surface area (Å²) in [4.78, 5) is 13.7. The fourth-order valence-electron chi connectivity index (χ4n) is 2.85. The van der Waals surface area contributed by atoms with Gasteiger partial charge < -0.3 is 9.64 Å². The van der Waals surface area contributed by atoms with E-state index in [0.29, 0.717) is 10.6 Å². The van der Waals surface area contributed by atoms with Crippen molar-refractivity contribution < 1.29 is 9.53 Å². The average molecular weight is 346 g/mol. The standard InChI is InChI=1S/C16H16ClN5O2/c1-24-16(23)15-10-22(20-19-15)13-3-2-6-21(9-13)12-5-4-11(8-18)14(17)7-12/h4-5,7,10,13H,2-3,6,9H2,1H3/t13-/m1/s1. The minimum Gasteiger partial charge on any atom is -0.464 e. The lowest BCUT2D eigenvalue weighted by Crippen LogP contribution is -2.36. The van der Waals surface area contributed by atoms with Crippen molar-refractivity contribution in [2.45, 2.75) is 18.9 Å². The van der Waals surface area contributed by atoms with Crippen LogP contribution in [0.3, 0.4) is 0 Å². The molecule has 1 aliphatic rings. The van der Waals surface area contributed by atoms with E-state index in [9.17, 15) is 4.79 Å². The van der Waals surface area contributed by atoms with E-state index < -0.39 is 5.97 Å². The van der Waals surface area contributed by atoms with E-state index in [1.165, 1.54) is 7.11 Å². The Morgan fingerprint density at radius 1 is 1.50 bits per heavy atom. The van der Waals surface area contributed by atoms with E-state index in [0.717, 1.165) is 31.6 Å². The van der Waals surface area contributed by atoms with Gasteiger partial charge in [-0.05, 0) is 31.0 Å². The van der Waals surface area contributed by atoms with Crippen LogP contribution in [0.15, 0.2) is 24.4 Å². The first-order valence-electron chi connectivity index (χ1n) is 7.57. The van der Waals surface area contributed by atoms with Crippen molar-refractivity contribution in [1.29, 1.82) is 5.26 Å². The minimum absolute atomic E-state index is 0.110. The Kier molecular flexibility index (Phi) is 4.67. The molecule has 0 bridgehead atoms. The summed E-state index contributed by atoms with van der Waals surface area (Å²) in [5.74, 6) is -0.493. The van der Waals surface area contributed by atoms with Gasteiger partial charge in [-0.3, -0.25) is 0 Å². The Balaban J connectivity index is 1.77. The highest BCUT2D eigenvalue weighted by molar-refractivity contribution is 6.32. The lowest BCUT2D eigenvalue weighted by molar-refractivity contribution is 0.0594. The Hall–Kier alpha value is -2.59. The quantitative estimate of drug-likeness (QED) is 0.794. The molecule has 124 valence electrons.